The number of carbonyl (C=O) groups excluding carboxylic acids is 1. The number of para-hydroxylation sites is 1. The van der Waals surface area contributed by atoms with E-state index in [1.165, 1.54) is 0 Å². The summed E-state index contributed by atoms with van der Waals surface area (Å²) >= 11 is -0.968. The first kappa shape index (κ1) is 16.0. The second kappa shape index (κ2) is 8.96. The van der Waals surface area contributed by atoms with Crippen LogP contribution >= 0.6 is 0 Å². The highest BCUT2D eigenvalue weighted by Gasteiger charge is 2.10. The van der Waals surface area contributed by atoms with Gasteiger partial charge in [0.05, 0.1) is 0 Å². The van der Waals surface area contributed by atoms with Crippen molar-refractivity contribution in [1.82, 2.24) is 4.72 Å². The molecule has 0 bridgehead atoms. The van der Waals surface area contributed by atoms with Crippen molar-refractivity contribution in [2.24, 2.45) is 0 Å². The average Bonchev–Trinajstić information content (AvgIpc) is 2.39. The Hall–Kier alpha value is -1.04. The lowest BCUT2D eigenvalue weighted by Gasteiger charge is -2.13. The molecule has 1 amide bonds. The van der Waals surface area contributed by atoms with E-state index in [0.717, 1.165) is 18.5 Å². The van der Waals surface area contributed by atoms with Gasteiger partial charge in [0.25, 0.3) is 0 Å². The number of anilines is 1. The summed E-state index contributed by atoms with van der Waals surface area (Å²) in [7, 11) is 0. The summed E-state index contributed by atoms with van der Waals surface area (Å²) < 4.78 is 14.3. The van der Waals surface area contributed by atoms with Crippen molar-refractivity contribution in [3.63, 3.8) is 0 Å². The molecule has 1 aromatic rings. The van der Waals surface area contributed by atoms with Crippen molar-refractivity contribution < 1.29 is 9.35 Å². The molecule has 1 rings (SSSR count). The van der Waals surface area contributed by atoms with Crippen LogP contribution in [0, 0.1) is 0 Å². The summed E-state index contributed by atoms with van der Waals surface area (Å²) in [6, 6.07) is 9.42. The van der Waals surface area contributed by atoms with Gasteiger partial charge in [-0.25, -0.2) is 0 Å². The molecule has 0 aliphatic rings. The number of hydrogen-bond acceptors (Lipinski definition) is 3. The van der Waals surface area contributed by atoms with Crippen LogP contribution in [0.5, 0.6) is 0 Å². The number of amides is 1. The molecule has 0 saturated carbocycles. The molecule has 1 atom stereocenters. The van der Waals surface area contributed by atoms with Gasteiger partial charge in [-0.3, -0.25) is 4.79 Å². The minimum Gasteiger partial charge on any atom is -0.598 e. The molecule has 0 radical (unpaired) electrons. The van der Waals surface area contributed by atoms with Crippen LogP contribution < -0.4 is 10.0 Å². The van der Waals surface area contributed by atoms with Crippen LogP contribution in [0.15, 0.2) is 30.3 Å². The third-order valence-electron chi connectivity index (χ3n) is 2.56. The van der Waals surface area contributed by atoms with Gasteiger partial charge in [-0.15, -0.1) is 4.72 Å². The summed E-state index contributed by atoms with van der Waals surface area (Å²) in [5, 5.41) is 2.97. The Balaban J connectivity index is 2.08. The van der Waals surface area contributed by atoms with Crippen LogP contribution in [-0.4, -0.2) is 22.3 Å². The van der Waals surface area contributed by atoms with E-state index in [1.54, 1.807) is 0 Å². The van der Waals surface area contributed by atoms with Crippen molar-refractivity contribution in [3.8, 4) is 0 Å². The molecule has 0 fully saturated rings. The van der Waals surface area contributed by atoms with E-state index in [4.69, 9.17) is 0 Å². The highest BCUT2D eigenvalue weighted by Crippen LogP contribution is 2.06. The smallest absolute Gasteiger partial charge is 0.224 e. The average molecular weight is 282 g/mol. The Morgan fingerprint density at radius 1 is 1.26 bits per heavy atom. The maximum Gasteiger partial charge on any atom is 0.224 e. The molecule has 0 aromatic heterocycles. The van der Waals surface area contributed by atoms with E-state index < -0.39 is 11.4 Å². The molecule has 0 aliphatic heterocycles. The minimum atomic E-state index is -0.968. The van der Waals surface area contributed by atoms with Crippen molar-refractivity contribution in [2.45, 2.75) is 38.4 Å². The third kappa shape index (κ3) is 7.20. The molecule has 19 heavy (non-hydrogen) atoms. The zero-order valence-electron chi connectivity index (χ0n) is 11.5. The molecular formula is C14H22N2O2S. The number of unbranched alkanes of at least 4 members (excludes halogenated alkanes) is 1. The molecule has 0 heterocycles. The lowest BCUT2D eigenvalue weighted by molar-refractivity contribution is -0.116. The predicted molar refractivity (Wildman–Crippen MR) is 80.2 cm³/mol. The number of nitrogens with one attached hydrogen (secondary N) is 2. The van der Waals surface area contributed by atoms with Gasteiger partial charge in [0.2, 0.25) is 5.91 Å². The van der Waals surface area contributed by atoms with Crippen LogP contribution in [-0.2, 0) is 16.2 Å². The van der Waals surface area contributed by atoms with Gasteiger partial charge in [-0.05, 0) is 38.8 Å². The molecule has 4 nitrogen and oxygen atoms in total. The number of carbonyl (C=O) groups is 1. The molecule has 1 unspecified atom stereocenters. The van der Waals surface area contributed by atoms with Gasteiger partial charge in [0.1, 0.15) is 5.25 Å². The largest absolute Gasteiger partial charge is 0.598 e. The van der Waals surface area contributed by atoms with Gasteiger partial charge < -0.3 is 9.87 Å². The molecule has 0 saturated heterocycles. The summed E-state index contributed by atoms with van der Waals surface area (Å²) in [5.74, 6) is 0.0242. The highest BCUT2D eigenvalue weighted by molar-refractivity contribution is 7.90. The monoisotopic (exact) mass is 282 g/mol. The first-order valence-electron chi connectivity index (χ1n) is 6.58. The summed E-state index contributed by atoms with van der Waals surface area (Å²) in [4.78, 5) is 11.6. The standard InChI is InChI=1S/C14H22N2O2S/c1-12(2)19(18)15-11-7-6-10-14(17)16-13-8-4-3-5-9-13/h3-5,8-9,12,15H,6-7,10-11H2,1-2H3,(H,16,17). The maximum absolute atomic E-state index is 11.6. The lowest BCUT2D eigenvalue weighted by Crippen LogP contribution is -2.31. The SMILES string of the molecule is CC(C)[S+]([O-])NCCCCC(=O)Nc1ccccc1. The van der Waals surface area contributed by atoms with Gasteiger partial charge >= 0.3 is 0 Å². The minimum absolute atomic E-state index is 0.0242. The van der Waals surface area contributed by atoms with Gasteiger partial charge in [0.15, 0.2) is 0 Å². The van der Waals surface area contributed by atoms with E-state index in [0.29, 0.717) is 13.0 Å². The van der Waals surface area contributed by atoms with Crippen LogP contribution in [0.4, 0.5) is 5.69 Å². The van der Waals surface area contributed by atoms with E-state index in [-0.39, 0.29) is 11.2 Å². The number of rotatable bonds is 8. The lowest BCUT2D eigenvalue weighted by atomic mass is 10.2. The summed E-state index contributed by atoms with van der Waals surface area (Å²) in [6.07, 6.45) is 2.13. The van der Waals surface area contributed by atoms with Crippen LogP contribution in [0.2, 0.25) is 0 Å². The molecule has 0 aliphatic carbocycles. The summed E-state index contributed by atoms with van der Waals surface area (Å²) in [6.45, 7) is 4.51. The molecule has 0 spiro atoms. The fraction of sp³-hybridized carbons (Fsp3) is 0.500. The first-order chi connectivity index (χ1) is 9.09. The zero-order chi connectivity index (χ0) is 14.1. The second-order valence-electron chi connectivity index (χ2n) is 4.61. The van der Waals surface area contributed by atoms with Gasteiger partial charge in [-0.2, -0.15) is 0 Å². The Labute approximate surface area is 118 Å². The first-order valence-corrected chi connectivity index (χ1v) is 7.80. The van der Waals surface area contributed by atoms with E-state index in [9.17, 15) is 9.35 Å². The topological polar surface area (TPSA) is 64.2 Å². The number of hydrogen-bond donors (Lipinski definition) is 2. The Kier molecular flexibility index (Phi) is 7.55. The normalized spacial score (nSPS) is 12.4. The molecule has 1 aromatic carbocycles. The van der Waals surface area contributed by atoms with Crippen molar-refractivity contribution in [2.75, 3.05) is 11.9 Å². The third-order valence-corrected chi connectivity index (χ3v) is 3.91. The molecule has 2 N–H and O–H groups in total. The van der Waals surface area contributed by atoms with Gasteiger partial charge in [-0.1, -0.05) is 18.2 Å². The van der Waals surface area contributed by atoms with E-state index >= 15 is 0 Å². The second-order valence-corrected chi connectivity index (χ2v) is 6.44. The fourth-order valence-corrected chi connectivity index (χ4v) is 2.17. The van der Waals surface area contributed by atoms with Gasteiger partial charge in [0, 0.05) is 30.0 Å². The molecule has 106 valence electrons. The zero-order valence-corrected chi connectivity index (χ0v) is 12.3. The Bertz CT molecular complexity index is 371. The highest BCUT2D eigenvalue weighted by atomic mass is 32.2. The van der Waals surface area contributed by atoms with Crippen LogP contribution in [0.25, 0.3) is 0 Å². The maximum atomic E-state index is 11.6. The fourth-order valence-electron chi connectivity index (χ4n) is 1.49. The van der Waals surface area contributed by atoms with Crippen molar-refractivity contribution in [3.05, 3.63) is 30.3 Å². The molecular weight excluding hydrogens is 260 g/mol. The Morgan fingerprint density at radius 3 is 2.58 bits per heavy atom. The van der Waals surface area contributed by atoms with Crippen LogP contribution in [0.1, 0.15) is 33.1 Å². The summed E-state index contributed by atoms with van der Waals surface area (Å²) in [5.41, 5.74) is 0.825. The van der Waals surface area contributed by atoms with E-state index in [1.807, 2.05) is 44.2 Å². The Morgan fingerprint density at radius 2 is 1.95 bits per heavy atom. The molecule has 5 heteroatoms. The van der Waals surface area contributed by atoms with E-state index in [2.05, 4.69) is 10.0 Å². The number of benzene rings is 1. The predicted octanol–water partition coefficient (Wildman–Crippen LogP) is 2.46. The van der Waals surface area contributed by atoms with Crippen molar-refractivity contribution in [1.29, 1.82) is 0 Å². The van der Waals surface area contributed by atoms with Crippen molar-refractivity contribution >= 4 is 23.0 Å². The van der Waals surface area contributed by atoms with Crippen LogP contribution in [0.3, 0.4) is 0 Å². The quantitative estimate of drug-likeness (QED) is 0.568.